The second kappa shape index (κ2) is 6.49. The van der Waals surface area contributed by atoms with E-state index in [0.29, 0.717) is 12.6 Å². The summed E-state index contributed by atoms with van der Waals surface area (Å²) in [5, 5.41) is 6.54. The molecule has 3 aromatic rings. The maximum absolute atomic E-state index is 6.05. The molecule has 1 aliphatic heterocycles. The molecule has 6 heteroatoms. The molecule has 1 aromatic carbocycles. The molecule has 2 N–H and O–H groups in total. The third kappa shape index (κ3) is 3.19. The predicted molar refractivity (Wildman–Crippen MR) is 92.2 cm³/mol. The van der Waals surface area contributed by atoms with Crippen LogP contribution >= 0.6 is 0 Å². The molecule has 0 spiro atoms. The van der Waals surface area contributed by atoms with Gasteiger partial charge in [0.15, 0.2) is 5.58 Å². The molecule has 1 aliphatic rings. The number of rotatable bonds is 5. The first-order valence-electron chi connectivity index (χ1n) is 8.19. The monoisotopic (exact) mass is 324 g/mol. The van der Waals surface area contributed by atoms with Crippen molar-refractivity contribution in [3.05, 3.63) is 47.8 Å². The zero-order valence-electron chi connectivity index (χ0n) is 13.6. The van der Waals surface area contributed by atoms with E-state index in [-0.39, 0.29) is 6.10 Å². The van der Waals surface area contributed by atoms with Gasteiger partial charge in [0.05, 0.1) is 6.20 Å². The lowest BCUT2D eigenvalue weighted by atomic mass is 10.2. The number of aryl methyl sites for hydroxylation is 1. The van der Waals surface area contributed by atoms with E-state index in [1.165, 1.54) is 0 Å². The predicted octanol–water partition coefficient (Wildman–Crippen LogP) is 2.88. The average molecular weight is 324 g/mol. The number of nitrogens with zero attached hydrogens (tertiary/aromatic N) is 2. The fraction of sp³-hybridized carbons (Fsp3) is 0.333. The molecule has 4 rings (SSSR count). The summed E-state index contributed by atoms with van der Waals surface area (Å²) in [5.74, 6) is 0.811. The highest BCUT2D eigenvalue weighted by Crippen LogP contribution is 2.23. The average Bonchev–Trinajstić information content (AvgIpc) is 3.23. The number of ether oxygens (including phenoxy) is 1. The Morgan fingerprint density at radius 2 is 2.33 bits per heavy atom. The molecule has 0 radical (unpaired) electrons. The summed E-state index contributed by atoms with van der Waals surface area (Å²) in [6.45, 7) is 4.50. The molecule has 0 saturated carbocycles. The topological polar surface area (TPSA) is 72.2 Å². The molecule has 6 nitrogen and oxygen atoms in total. The van der Waals surface area contributed by atoms with Gasteiger partial charge in [-0.1, -0.05) is 6.07 Å². The zero-order valence-corrected chi connectivity index (χ0v) is 13.6. The second-order valence-corrected chi connectivity index (χ2v) is 6.06. The van der Waals surface area contributed by atoms with Crippen LogP contribution in [0.2, 0.25) is 0 Å². The van der Waals surface area contributed by atoms with Crippen molar-refractivity contribution in [2.75, 3.05) is 18.4 Å². The van der Waals surface area contributed by atoms with E-state index in [2.05, 4.69) is 20.6 Å². The number of pyridine rings is 1. The van der Waals surface area contributed by atoms with Crippen molar-refractivity contribution >= 4 is 17.1 Å². The highest BCUT2D eigenvalue weighted by Gasteiger charge is 2.17. The van der Waals surface area contributed by atoms with Gasteiger partial charge in [0, 0.05) is 24.8 Å². The minimum atomic E-state index is 0.209. The number of anilines is 1. The highest BCUT2D eigenvalue weighted by molar-refractivity contribution is 5.75. The van der Waals surface area contributed by atoms with E-state index in [4.69, 9.17) is 9.15 Å². The number of hydrogen-bond donors (Lipinski definition) is 2. The zero-order chi connectivity index (χ0) is 16.4. The minimum Gasteiger partial charge on any atom is -0.487 e. The van der Waals surface area contributed by atoms with Gasteiger partial charge >= 0.3 is 0 Å². The van der Waals surface area contributed by atoms with Crippen molar-refractivity contribution in [1.82, 2.24) is 15.3 Å². The van der Waals surface area contributed by atoms with Crippen LogP contribution in [0.1, 0.15) is 17.5 Å². The molecule has 1 saturated heterocycles. The number of benzene rings is 1. The Morgan fingerprint density at radius 3 is 3.21 bits per heavy atom. The van der Waals surface area contributed by atoms with Crippen LogP contribution in [0, 0.1) is 6.92 Å². The number of hydrogen-bond acceptors (Lipinski definition) is 6. The molecule has 0 amide bonds. The van der Waals surface area contributed by atoms with Gasteiger partial charge in [-0.15, -0.1) is 0 Å². The molecule has 1 fully saturated rings. The first kappa shape index (κ1) is 15.0. The molecule has 0 aliphatic carbocycles. The van der Waals surface area contributed by atoms with Crippen LogP contribution in [0.3, 0.4) is 0 Å². The van der Waals surface area contributed by atoms with Gasteiger partial charge in [0.25, 0.3) is 6.01 Å². The number of oxazole rings is 1. The van der Waals surface area contributed by atoms with Crippen LogP contribution in [0.4, 0.5) is 6.01 Å². The van der Waals surface area contributed by atoms with Crippen molar-refractivity contribution < 1.29 is 9.15 Å². The third-order valence-corrected chi connectivity index (χ3v) is 4.15. The van der Waals surface area contributed by atoms with Crippen molar-refractivity contribution in [2.45, 2.75) is 26.0 Å². The number of fused-ring (bicyclic) bond motifs is 1. The summed E-state index contributed by atoms with van der Waals surface area (Å²) in [5.41, 5.74) is 3.85. The van der Waals surface area contributed by atoms with Crippen molar-refractivity contribution in [3.63, 3.8) is 0 Å². The second-order valence-electron chi connectivity index (χ2n) is 6.06. The van der Waals surface area contributed by atoms with Crippen LogP contribution in [0.15, 0.2) is 41.1 Å². The van der Waals surface area contributed by atoms with Crippen molar-refractivity contribution in [2.24, 2.45) is 0 Å². The quantitative estimate of drug-likeness (QED) is 0.752. The van der Waals surface area contributed by atoms with E-state index in [9.17, 15) is 0 Å². The Kier molecular flexibility index (Phi) is 4.04. The van der Waals surface area contributed by atoms with E-state index >= 15 is 0 Å². The van der Waals surface area contributed by atoms with Crippen LogP contribution in [0.5, 0.6) is 5.75 Å². The summed E-state index contributed by atoms with van der Waals surface area (Å²) in [4.78, 5) is 8.65. The molecule has 3 heterocycles. The Bertz CT molecular complexity index is 840. The lowest BCUT2D eigenvalue weighted by molar-refractivity contribution is 0.220. The normalized spacial score (nSPS) is 17.3. The maximum Gasteiger partial charge on any atom is 0.295 e. The number of nitrogens with one attached hydrogen (secondary N) is 2. The first-order valence-corrected chi connectivity index (χ1v) is 8.19. The smallest absolute Gasteiger partial charge is 0.295 e. The summed E-state index contributed by atoms with van der Waals surface area (Å²) >= 11 is 0. The Labute approximate surface area is 140 Å². The summed E-state index contributed by atoms with van der Waals surface area (Å²) < 4.78 is 11.8. The first-order chi connectivity index (χ1) is 11.8. The SMILES string of the molecule is Cc1ccc2oc(NCc3ccncc3O[C@H]3CCNC3)nc2c1. The largest absolute Gasteiger partial charge is 0.487 e. The van der Waals surface area contributed by atoms with E-state index < -0.39 is 0 Å². The molecule has 0 unspecified atom stereocenters. The molecule has 124 valence electrons. The Hall–Kier alpha value is -2.60. The van der Waals surface area contributed by atoms with Crippen LogP contribution in [-0.4, -0.2) is 29.2 Å². The van der Waals surface area contributed by atoms with Crippen LogP contribution in [0.25, 0.3) is 11.1 Å². The van der Waals surface area contributed by atoms with Crippen molar-refractivity contribution in [1.29, 1.82) is 0 Å². The van der Waals surface area contributed by atoms with E-state index in [1.54, 1.807) is 12.4 Å². The lowest BCUT2D eigenvalue weighted by Crippen LogP contribution is -2.20. The van der Waals surface area contributed by atoms with E-state index in [1.807, 2.05) is 31.2 Å². The summed E-state index contributed by atoms with van der Waals surface area (Å²) in [6.07, 6.45) is 4.77. The van der Waals surface area contributed by atoms with Gasteiger partial charge in [-0.05, 0) is 43.7 Å². The van der Waals surface area contributed by atoms with E-state index in [0.717, 1.165) is 47.5 Å². The van der Waals surface area contributed by atoms with Gasteiger partial charge in [-0.3, -0.25) is 4.98 Å². The fourth-order valence-electron chi connectivity index (χ4n) is 2.85. The summed E-state index contributed by atoms with van der Waals surface area (Å²) in [7, 11) is 0. The molecule has 2 aromatic heterocycles. The maximum atomic E-state index is 6.05. The number of aromatic nitrogens is 2. The van der Waals surface area contributed by atoms with Gasteiger partial charge in [-0.25, -0.2) is 0 Å². The molecule has 1 atom stereocenters. The summed E-state index contributed by atoms with van der Waals surface area (Å²) in [6, 6.07) is 8.44. The van der Waals surface area contributed by atoms with Gasteiger partial charge in [0.1, 0.15) is 17.4 Å². The molecular weight excluding hydrogens is 304 g/mol. The van der Waals surface area contributed by atoms with Crippen LogP contribution in [-0.2, 0) is 6.54 Å². The standard InChI is InChI=1S/C18H20N4O2/c1-12-2-3-16-15(8-12)22-18(24-16)21-9-13-4-6-20-11-17(13)23-14-5-7-19-10-14/h2-4,6,8,11,14,19H,5,7,9-10H2,1H3,(H,21,22)/t14-/m0/s1. The Morgan fingerprint density at radius 1 is 1.38 bits per heavy atom. The minimum absolute atomic E-state index is 0.209. The molecule has 0 bridgehead atoms. The van der Waals surface area contributed by atoms with Crippen molar-refractivity contribution in [3.8, 4) is 5.75 Å². The van der Waals surface area contributed by atoms with Gasteiger partial charge in [-0.2, -0.15) is 4.98 Å². The van der Waals surface area contributed by atoms with Gasteiger partial charge in [0.2, 0.25) is 0 Å². The Balaban J connectivity index is 1.48. The highest BCUT2D eigenvalue weighted by atomic mass is 16.5. The lowest BCUT2D eigenvalue weighted by Gasteiger charge is -2.15. The fourth-order valence-corrected chi connectivity index (χ4v) is 2.85. The van der Waals surface area contributed by atoms with Gasteiger partial charge < -0.3 is 19.8 Å². The molecular formula is C18H20N4O2. The third-order valence-electron chi connectivity index (χ3n) is 4.15. The molecule has 24 heavy (non-hydrogen) atoms. The van der Waals surface area contributed by atoms with Crippen LogP contribution < -0.4 is 15.4 Å².